The van der Waals surface area contributed by atoms with Crippen LogP contribution in [0, 0.1) is 5.92 Å². The van der Waals surface area contributed by atoms with Gasteiger partial charge in [-0.3, -0.25) is 4.79 Å². The van der Waals surface area contributed by atoms with Gasteiger partial charge in [-0.1, -0.05) is 12.1 Å². The van der Waals surface area contributed by atoms with Gasteiger partial charge in [0, 0.05) is 19.1 Å². The number of thiazole rings is 1. The zero-order chi connectivity index (χ0) is 17.4. The number of likely N-dealkylation sites (tertiary alicyclic amines) is 1. The van der Waals surface area contributed by atoms with Crippen LogP contribution < -0.4 is 5.73 Å². The maximum atomic E-state index is 12.7. The van der Waals surface area contributed by atoms with E-state index in [-0.39, 0.29) is 11.9 Å². The number of carbonyl (C=O) groups excluding carboxylic acids is 1. The molecule has 2 aromatic heterocycles. The lowest BCUT2D eigenvalue weighted by Crippen LogP contribution is -2.42. The van der Waals surface area contributed by atoms with Crippen LogP contribution in [0.4, 0.5) is 0 Å². The molecule has 6 heteroatoms. The summed E-state index contributed by atoms with van der Waals surface area (Å²) in [4.78, 5) is 19.1. The molecule has 1 amide bonds. The van der Waals surface area contributed by atoms with E-state index < -0.39 is 0 Å². The van der Waals surface area contributed by atoms with Crippen LogP contribution in [0.15, 0.2) is 40.8 Å². The Morgan fingerprint density at radius 1 is 1.28 bits per heavy atom. The van der Waals surface area contributed by atoms with Gasteiger partial charge in [-0.05, 0) is 49.9 Å². The van der Waals surface area contributed by atoms with Gasteiger partial charge in [-0.15, -0.1) is 11.3 Å². The third kappa shape index (κ3) is 3.19. The summed E-state index contributed by atoms with van der Waals surface area (Å²) in [6, 6.07) is 11.7. The SMILES string of the molecule is CC(N)C1CCN(C(=O)c2ccc(-c3nc4ccccc4s3)o2)CC1. The number of nitrogens with two attached hydrogens (primary N) is 1. The summed E-state index contributed by atoms with van der Waals surface area (Å²) in [5.41, 5.74) is 6.92. The van der Waals surface area contributed by atoms with Gasteiger partial charge in [0.25, 0.3) is 5.91 Å². The molecule has 1 aliphatic rings. The Morgan fingerprint density at radius 2 is 2.04 bits per heavy atom. The zero-order valence-corrected chi connectivity index (χ0v) is 15.0. The van der Waals surface area contributed by atoms with Crippen molar-refractivity contribution < 1.29 is 9.21 Å². The molecule has 2 N–H and O–H groups in total. The first-order chi connectivity index (χ1) is 12.1. The van der Waals surface area contributed by atoms with Crippen LogP contribution in [0.5, 0.6) is 0 Å². The zero-order valence-electron chi connectivity index (χ0n) is 14.1. The molecular formula is C19H21N3O2S. The fourth-order valence-corrected chi connectivity index (χ4v) is 4.26. The highest BCUT2D eigenvalue weighted by Gasteiger charge is 2.27. The molecule has 1 fully saturated rings. The fourth-order valence-electron chi connectivity index (χ4n) is 3.33. The Kier molecular flexibility index (Phi) is 4.31. The molecular weight excluding hydrogens is 334 g/mol. The van der Waals surface area contributed by atoms with Crippen molar-refractivity contribution in [3.63, 3.8) is 0 Å². The van der Waals surface area contributed by atoms with E-state index in [0.717, 1.165) is 41.2 Å². The van der Waals surface area contributed by atoms with Crippen LogP contribution in [0.25, 0.3) is 21.0 Å². The molecule has 3 heterocycles. The molecule has 4 rings (SSSR count). The van der Waals surface area contributed by atoms with E-state index in [1.54, 1.807) is 17.4 Å². The Labute approximate surface area is 150 Å². The van der Waals surface area contributed by atoms with Gasteiger partial charge in [0.1, 0.15) is 0 Å². The Hall–Kier alpha value is -2.18. The minimum absolute atomic E-state index is 0.0458. The number of carbonyl (C=O) groups is 1. The number of aromatic nitrogens is 1. The third-order valence-electron chi connectivity index (χ3n) is 4.89. The van der Waals surface area contributed by atoms with Crippen molar-refractivity contribution in [2.75, 3.05) is 13.1 Å². The van der Waals surface area contributed by atoms with Crippen LogP contribution in [-0.2, 0) is 0 Å². The van der Waals surface area contributed by atoms with Gasteiger partial charge < -0.3 is 15.1 Å². The smallest absolute Gasteiger partial charge is 0.289 e. The van der Waals surface area contributed by atoms with Crippen LogP contribution in [0.2, 0.25) is 0 Å². The van der Waals surface area contributed by atoms with Gasteiger partial charge in [0.15, 0.2) is 16.5 Å². The molecule has 0 bridgehead atoms. The first-order valence-corrected chi connectivity index (χ1v) is 9.44. The van der Waals surface area contributed by atoms with Gasteiger partial charge in [-0.2, -0.15) is 0 Å². The van der Waals surface area contributed by atoms with Crippen LogP contribution >= 0.6 is 11.3 Å². The minimum Gasteiger partial charge on any atom is -0.448 e. The minimum atomic E-state index is -0.0458. The van der Waals surface area contributed by atoms with E-state index in [2.05, 4.69) is 4.98 Å². The maximum Gasteiger partial charge on any atom is 0.289 e. The lowest BCUT2D eigenvalue weighted by molar-refractivity contribution is 0.0650. The van der Waals surface area contributed by atoms with E-state index in [1.165, 1.54) is 0 Å². The summed E-state index contributed by atoms with van der Waals surface area (Å²) < 4.78 is 6.93. The van der Waals surface area contributed by atoms with Crippen LogP contribution in [0.1, 0.15) is 30.3 Å². The molecule has 1 unspecified atom stereocenters. The molecule has 1 aromatic carbocycles. The van der Waals surface area contributed by atoms with Crippen LogP contribution in [0.3, 0.4) is 0 Å². The van der Waals surface area contributed by atoms with E-state index >= 15 is 0 Å². The van der Waals surface area contributed by atoms with E-state index in [1.807, 2.05) is 42.2 Å². The first kappa shape index (κ1) is 16.3. The molecule has 0 saturated carbocycles. The highest BCUT2D eigenvalue weighted by Crippen LogP contribution is 2.31. The number of fused-ring (bicyclic) bond motifs is 1. The summed E-state index contributed by atoms with van der Waals surface area (Å²) in [7, 11) is 0. The predicted molar refractivity (Wildman–Crippen MR) is 99.6 cm³/mol. The van der Waals surface area contributed by atoms with E-state index in [9.17, 15) is 4.79 Å². The van der Waals surface area contributed by atoms with Crippen molar-refractivity contribution >= 4 is 27.5 Å². The molecule has 1 saturated heterocycles. The molecule has 1 atom stereocenters. The molecule has 0 aliphatic carbocycles. The molecule has 0 spiro atoms. The standard InChI is InChI=1S/C19H21N3O2S/c1-12(20)13-8-10-22(11-9-13)19(23)16-7-6-15(24-16)18-21-14-4-2-3-5-17(14)25-18/h2-7,12-13H,8-11,20H2,1H3. The van der Waals surface area contributed by atoms with Gasteiger partial charge >= 0.3 is 0 Å². The molecule has 130 valence electrons. The lowest BCUT2D eigenvalue weighted by Gasteiger charge is -2.33. The average Bonchev–Trinajstić information content (AvgIpc) is 3.27. The molecule has 3 aromatic rings. The van der Waals surface area contributed by atoms with Crippen molar-refractivity contribution in [1.29, 1.82) is 0 Å². The summed E-state index contributed by atoms with van der Waals surface area (Å²) in [5, 5.41) is 0.802. The Balaban J connectivity index is 1.50. The number of para-hydroxylation sites is 1. The second-order valence-corrected chi connectivity index (χ2v) is 7.67. The van der Waals surface area contributed by atoms with Crippen molar-refractivity contribution in [2.24, 2.45) is 11.7 Å². The van der Waals surface area contributed by atoms with Crippen molar-refractivity contribution in [2.45, 2.75) is 25.8 Å². The lowest BCUT2D eigenvalue weighted by atomic mass is 9.91. The summed E-state index contributed by atoms with van der Waals surface area (Å²) >= 11 is 1.57. The van der Waals surface area contributed by atoms with Gasteiger partial charge in [-0.25, -0.2) is 4.98 Å². The number of benzene rings is 1. The quantitative estimate of drug-likeness (QED) is 0.776. The summed E-state index contributed by atoms with van der Waals surface area (Å²) in [5.74, 6) is 1.48. The first-order valence-electron chi connectivity index (χ1n) is 8.62. The van der Waals surface area contributed by atoms with Crippen molar-refractivity contribution in [1.82, 2.24) is 9.88 Å². The number of piperidine rings is 1. The number of hydrogen-bond acceptors (Lipinski definition) is 5. The second kappa shape index (κ2) is 6.61. The summed E-state index contributed by atoms with van der Waals surface area (Å²) in [6.45, 7) is 3.52. The Bertz CT molecular complexity index is 858. The fraction of sp³-hybridized carbons (Fsp3) is 0.368. The molecule has 25 heavy (non-hydrogen) atoms. The monoisotopic (exact) mass is 355 g/mol. The highest BCUT2D eigenvalue weighted by molar-refractivity contribution is 7.21. The molecule has 0 radical (unpaired) electrons. The van der Waals surface area contributed by atoms with Crippen molar-refractivity contribution in [3.05, 3.63) is 42.2 Å². The average molecular weight is 355 g/mol. The molecule has 1 aliphatic heterocycles. The van der Waals surface area contributed by atoms with Gasteiger partial charge in [0.2, 0.25) is 0 Å². The second-order valence-electron chi connectivity index (χ2n) is 6.64. The van der Waals surface area contributed by atoms with Crippen LogP contribution in [-0.4, -0.2) is 34.9 Å². The number of amides is 1. The molecule has 5 nitrogen and oxygen atoms in total. The van der Waals surface area contributed by atoms with Crippen molar-refractivity contribution in [3.8, 4) is 10.8 Å². The Morgan fingerprint density at radius 3 is 2.76 bits per heavy atom. The topological polar surface area (TPSA) is 72.4 Å². The number of furan rings is 1. The third-order valence-corrected chi connectivity index (χ3v) is 5.94. The van der Waals surface area contributed by atoms with E-state index in [0.29, 0.717) is 17.4 Å². The maximum absolute atomic E-state index is 12.7. The number of rotatable bonds is 3. The predicted octanol–water partition coefficient (Wildman–Crippen LogP) is 3.76. The van der Waals surface area contributed by atoms with Gasteiger partial charge in [0.05, 0.1) is 10.2 Å². The number of nitrogens with zero attached hydrogens (tertiary/aromatic N) is 2. The van der Waals surface area contributed by atoms with E-state index in [4.69, 9.17) is 10.2 Å². The largest absolute Gasteiger partial charge is 0.448 e. The normalized spacial score (nSPS) is 17.1. The highest BCUT2D eigenvalue weighted by atomic mass is 32.1. The summed E-state index contributed by atoms with van der Waals surface area (Å²) in [6.07, 6.45) is 1.91. The number of hydrogen-bond donors (Lipinski definition) is 1.